The van der Waals surface area contributed by atoms with Crippen molar-refractivity contribution in [2.45, 2.75) is 6.61 Å². The topological polar surface area (TPSA) is 61.6 Å². The summed E-state index contributed by atoms with van der Waals surface area (Å²) >= 11 is 0. The van der Waals surface area contributed by atoms with E-state index in [0.29, 0.717) is 29.4 Å². The fraction of sp³-hybridized carbons (Fsp3) is 0.0500. The number of ether oxygens (including phenoxy) is 2. The first-order valence-electron chi connectivity index (χ1n) is 7.56. The van der Waals surface area contributed by atoms with Gasteiger partial charge in [0, 0.05) is 5.69 Å². The highest BCUT2D eigenvalue weighted by molar-refractivity contribution is 5.96. The Hall–Kier alpha value is -3.27. The summed E-state index contributed by atoms with van der Waals surface area (Å²) in [7, 11) is 0. The fourth-order valence-corrected chi connectivity index (χ4v) is 2.19. The van der Waals surface area contributed by atoms with Gasteiger partial charge in [0.2, 0.25) is 0 Å². The van der Waals surface area contributed by atoms with Crippen LogP contribution in [0.1, 0.15) is 15.9 Å². The van der Waals surface area contributed by atoms with Crippen molar-refractivity contribution in [2.75, 3.05) is 5.73 Å². The van der Waals surface area contributed by atoms with Gasteiger partial charge in [0.15, 0.2) is 0 Å². The third-order valence-electron chi connectivity index (χ3n) is 3.46. The SMILES string of the molecule is Nc1ccccc1C(=O)Oc1ccc(OCc2ccccc2)cc1. The number of esters is 1. The molecule has 0 aliphatic carbocycles. The monoisotopic (exact) mass is 319 g/mol. The highest BCUT2D eigenvalue weighted by Gasteiger charge is 2.11. The van der Waals surface area contributed by atoms with Crippen LogP contribution in [0.5, 0.6) is 11.5 Å². The Bertz CT molecular complexity index is 814. The number of rotatable bonds is 5. The molecule has 24 heavy (non-hydrogen) atoms. The Kier molecular flexibility index (Phi) is 4.77. The lowest BCUT2D eigenvalue weighted by Crippen LogP contribution is -2.10. The third kappa shape index (κ3) is 3.93. The van der Waals surface area contributed by atoms with Gasteiger partial charge in [-0.3, -0.25) is 0 Å². The lowest BCUT2D eigenvalue weighted by molar-refractivity contribution is 0.0735. The molecule has 2 N–H and O–H groups in total. The molecule has 4 nitrogen and oxygen atoms in total. The quantitative estimate of drug-likeness (QED) is 0.437. The predicted molar refractivity (Wildman–Crippen MR) is 93.0 cm³/mol. The third-order valence-corrected chi connectivity index (χ3v) is 3.46. The minimum atomic E-state index is -0.481. The summed E-state index contributed by atoms with van der Waals surface area (Å²) in [6, 6.07) is 23.6. The smallest absolute Gasteiger partial charge is 0.345 e. The lowest BCUT2D eigenvalue weighted by Gasteiger charge is -2.09. The molecule has 120 valence electrons. The van der Waals surface area contributed by atoms with Gasteiger partial charge in [-0.05, 0) is 42.0 Å². The molecule has 0 bridgehead atoms. The van der Waals surface area contributed by atoms with Crippen LogP contribution < -0.4 is 15.2 Å². The molecular formula is C20H17NO3. The molecular weight excluding hydrogens is 302 g/mol. The van der Waals surface area contributed by atoms with Gasteiger partial charge in [0.05, 0.1) is 5.56 Å². The average Bonchev–Trinajstić information content (AvgIpc) is 2.62. The van der Waals surface area contributed by atoms with E-state index in [-0.39, 0.29) is 0 Å². The molecule has 3 rings (SSSR count). The normalized spacial score (nSPS) is 10.2. The predicted octanol–water partition coefficient (Wildman–Crippen LogP) is 4.07. The van der Waals surface area contributed by atoms with Crippen LogP contribution >= 0.6 is 0 Å². The number of hydrogen-bond donors (Lipinski definition) is 1. The van der Waals surface area contributed by atoms with E-state index in [1.807, 2.05) is 30.3 Å². The molecule has 0 fully saturated rings. The van der Waals surface area contributed by atoms with Crippen LogP contribution in [0.25, 0.3) is 0 Å². The Morgan fingerprint density at radius 3 is 2.12 bits per heavy atom. The number of nitrogens with two attached hydrogens (primary N) is 1. The molecule has 0 atom stereocenters. The number of para-hydroxylation sites is 1. The van der Waals surface area contributed by atoms with E-state index in [2.05, 4.69) is 0 Å². The molecule has 4 heteroatoms. The number of benzene rings is 3. The Balaban J connectivity index is 1.60. The molecule has 0 heterocycles. The molecule has 0 saturated carbocycles. The van der Waals surface area contributed by atoms with Crippen LogP contribution in [0.2, 0.25) is 0 Å². The van der Waals surface area contributed by atoms with Crippen molar-refractivity contribution in [1.29, 1.82) is 0 Å². The standard InChI is InChI=1S/C20H17NO3/c21-19-9-5-4-8-18(19)20(22)24-17-12-10-16(11-13-17)23-14-15-6-2-1-3-7-15/h1-13H,14,21H2. The number of nitrogen functional groups attached to an aromatic ring is 1. The van der Waals surface area contributed by atoms with Gasteiger partial charge in [0.1, 0.15) is 18.1 Å². The van der Waals surface area contributed by atoms with Gasteiger partial charge in [0.25, 0.3) is 0 Å². The maximum atomic E-state index is 12.1. The van der Waals surface area contributed by atoms with Crippen molar-refractivity contribution in [2.24, 2.45) is 0 Å². The zero-order valence-electron chi connectivity index (χ0n) is 13.0. The second-order valence-corrected chi connectivity index (χ2v) is 5.22. The van der Waals surface area contributed by atoms with Gasteiger partial charge < -0.3 is 15.2 Å². The van der Waals surface area contributed by atoms with Gasteiger partial charge in [-0.25, -0.2) is 4.79 Å². The van der Waals surface area contributed by atoms with Crippen molar-refractivity contribution in [3.8, 4) is 11.5 Å². The Labute approximate surface area is 140 Å². The van der Waals surface area contributed by atoms with Gasteiger partial charge in [-0.1, -0.05) is 42.5 Å². The number of carbonyl (C=O) groups is 1. The largest absolute Gasteiger partial charge is 0.489 e. The number of anilines is 1. The van der Waals surface area contributed by atoms with Crippen LogP contribution in [-0.4, -0.2) is 5.97 Å². The average molecular weight is 319 g/mol. The summed E-state index contributed by atoms with van der Waals surface area (Å²) in [5, 5.41) is 0. The number of carbonyl (C=O) groups excluding carboxylic acids is 1. The maximum Gasteiger partial charge on any atom is 0.345 e. The summed E-state index contributed by atoms with van der Waals surface area (Å²) in [6.45, 7) is 0.487. The second kappa shape index (κ2) is 7.33. The van der Waals surface area contributed by atoms with Crippen LogP contribution in [0.15, 0.2) is 78.9 Å². The van der Waals surface area contributed by atoms with Crippen molar-refractivity contribution in [3.05, 3.63) is 90.0 Å². The van der Waals surface area contributed by atoms with Crippen molar-refractivity contribution in [1.82, 2.24) is 0 Å². The highest BCUT2D eigenvalue weighted by atomic mass is 16.5. The molecule has 0 aliphatic heterocycles. The first-order valence-corrected chi connectivity index (χ1v) is 7.56. The van der Waals surface area contributed by atoms with E-state index in [9.17, 15) is 4.79 Å². The molecule has 0 saturated heterocycles. The minimum Gasteiger partial charge on any atom is -0.489 e. The minimum absolute atomic E-state index is 0.349. The van der Waals surface area contributed by atoms with Crippen molar-refractivity contribution >= 4 is 11.7 Å². The first kappa shape index (κ1) is 15.6. The summed E-state index contributed by atoms with van der Waals surface area (Å²) in [5.41, 5.74) is 7.61. The summed E-state index contributed by atoms with van der Waals surface area (Å²) in [4.78, 5) is 12.1. The van der Waals surface area contributed by atoms with Crippen LogP contribution in [0.3, 0.4) is 0 Å². The van der Waals surface area contributed by atoms with Crippen molar-refractivity contribution < 1.29 is 14.3 Å². The van der Waals surface area contributed by atoms with Gasteiger partial charge >= 0.3 is 5.97 Å². The van der Waals surface area contributed by atoms with Crippen molar-refractivity contribution in [3.63, 3.8) is 0 Å². The van der Waals surface area contributed by atoms with E-state index in [1.165, 1.54) is 0 Å². The second-order valence-electron chi connectivity index (χ2n) is 5.22. The fourth-order valence-electron chi connectivity index (χ4n) is 2.19. The van der Waals surface area contributed by atoms with Crippen LogP contribution in [-0.2, 0) is 6.61 Å². The molecule has 0 spiro atoms. The molecule has 3 aromatic rings. The van der Waals surface area contributed by atoms with Crippen LogP contribution in [0.4, 0.5) is 5.69 Å². The first-order chi connectivity index (χ1) is 11.7. The van der Waals surface area contributed by atoms with Crippen LogP contribution in [0, 0.1) is 0 Å². The Morgan fingerprint density at radius 1 is 0.792 bits per heavy atom. The molecule has 0 radical (unpaired) electrons. The van der Waals surface area contributed by atoms with E-state index in [0.717, 1.165) is 5.56 Å². The molecule has 0 unspecified atom stereocenters. The van der Waals surface area contributed by atoms with Gasteiger partial charge in [-0.2, -0.15) is 0 Å². The molecule has 3 aromatic carbocycles. The molecule has 0 amide bonds. The van der Waals surface area contributed by atoms with E-state index < -0.39 is 5.97 Å². The molecule has 0 aliphatic rings. The lowest BCUT2D eigenvalue weighted by atomic mass is 10.2. The summed E-state index contributed by atoms with van der Waals surface area (Å²) in [6.07, 6.45) is 0. The maximum absolute atomic E-state index is 12.1. The highest BCUT2D eigenvalue weighted by Crippen LogP contribution is 2.21. The zero-order valence-corrected chi connectivity index (χ0v) is 13.0. The Morgan fingerprint density at radius 2 is 1.42 bits per heavy atom. The summed E-state index contributed by atoms with van der Waals surface area (Å²) in [5.74, 6) is 0.666. The van der Waals surface area contributed by atoms with E-state index >= 15 is 0 Å². The van der Waals surface area contributed by atoms with E-state index in [4.69, 9.17) is 15.2 Å². The van der Waals surface area contributed by atoms with Gasteiger partial charge in [-0.15, -0.1) is 0 Å². The summed E-state index contributed by atoms with van der Waals surface area (Å²) < 4.78 is 11.0. The van der Waals surface area contributed by atoms with E-state index in [1.54, 1.807) is 48.5 Å². The number of hydrogen-bond acceptors (Lipinski definition) is 4. The zero-order chi connectivity index (χ0) is 16.8. The molecule has 0 aromatic heterocycles.